The number of nitriles is 1. The summed E-state index contributed by atoms with van der Waals surface area (Å²) in [5.41, 5.74) is 6.12. The van der Waals surface area contributed by atoms with Crippen LogP contribution in [-0.2, 0) is 0 Å². The van der Waals surface area contributed by atoms with E-state index in [0.717, 1.165) is 11.5 Å². The third kappa shape index (κ3) is 3.12. The molecule has 2 heterocycles. The first kappa shape index (κ1) is 13.1. The van der Waals surface area contributed by atoms with Crippen LogP contribution < -0.4 is 11.1 Å². The number of nitrogens with two attached hydrogens (primary N) is 1. The summed E-state index contributed by atoms with van der Waals surface area (Å²) in [6.07, 6.45) is 3.94. The number of piperidine rings is 1. The Kier molecular flexibility index (Phi) is 4.39. The van der Waals surface area contributed by atoms with Gasteiger partial charge in [-0.2, -0.15) is 9.64 Å². The van der Waals surface area contributed by atoms with E-state index in [4.69, 9.17) is 11.0 Å². The summed E-state index contributed by atoms with van der Waals surface area (Å²) in [5.74, 6) is 0.329. The van der Waals surface area contributed by atoms with Gasteiger partial charge >= 0.3 is 0 Å². The zero-order chi connectivity index (χ0) is 13.0. The summed E-state index contributed by atoms with van der Waals surface area (Å²) < 4.78 is 4.01. The summed E-state index contributed by atoms with van der Waals surface area (Å²) in [5, 5.41) is 13.1. The molecular formula is C12H19N5S. The first-order valence-electron chi connectivity index (χ1n) is 6.35. The van der Waals surface area contributed by atoms with Crippen LogP contribution in [0.4, 0.5) is 10.8 Å². The van der Waals surface area contributed by atoms with Gasteiger partial charge in [0.15, 0.2) is 5.82 Å². The number of hydrogen-bond donors (Lipinski definition) is 2. The lowest BCUT2D eigenvalue weighted by molar-refractivity contribution is 0.223. The van der Waals surface area contributed by atoms with Crippen LogP contribution in [0.5, 0.6) is 0 Å². The van der Waals surface area contributed by atoms with Crippen LogP contribution in [0, 0.1) is 11.3 Å². The Labute approximate surface area is 112 Å². The molecule has 0 saturated carbocycles. The fourth-order valence-corrected chi connectivity index (χ4v) is 3.08. The second-order valence-corrected chi connectivity index (χ2v) is 5.56. The molecule has 0 aliphatic carbocycles. The average molecular weight is 265 g/mol. The molecule has 2 rings (SSSR count). The lowest BCUT2D eigenvalue weighted by Gasteiger charge is -2.29. The number of anilines is 2. The molecule has 0 spiro atoms. The number of likely N-dealkylation sites (tertiary alicyclic amines) is 1. The van der Waals surface area contributed by atoms with E-state index in [0.29, 0.717) is 17.4 Å². The highest BCUT2D eigenvalue weighted by molar-refractivity contribution is 7.10. The first-order valence-corrected chi connectivity index (χ1v) is 7.12. The Hall–Kier alpha value is -1.32. The maximum absolute atomic E-state index is 9.01. The van der Waals surface area contributed by atoms with E-state index in [2.05, 4.69) is 27.6 Å². The number of hydrogen-bond acceptors (Lipinski definition) is 6. The molecule has 3 N–H and O–H groups in total. The number of nitrogen functional groups attached to an aromatic ring is 1. The van der Waals surface area contributed by atoms with Gasteiger partial charge < -0.3 is 16.0 Å². The average Bonchev–Trinajstić information content (AvgIpc) is 2.71. The van der Waals surface area contributed by atoms with E-state index in [1.165, 1.54) is 43.9 Å². The molecule has 0 radical (unpaired) electrons. The van der Waals surface area contributed by atoms with Gasteiger partial charge in [-0.1, -0.05) is 6.42 Å². The molecule has 1 fully saturated rings. The number of aromatic nitrogens is 1. The van der Waals surface area contributed by atoms with Crippen molar-refractivity contribution in [1.29, 1.82) is 5.26 Å². The van der Waals surface area contributed by atoms with Crippen LogP contribution in [0.1, 0.15) is 31.7 Å². The highest BCUT2D eigenvalue weighted by atomic mass is 32.1. The van der Waals surface area contributed by atoms with Gasteiger partial charge in [-0.3, -0.25) is 0 Å². The zero-order valence-corrected chi connectivity index (χ0v) is 11.5. The Morgan fingerprint density at radius 2 is 2.22 bits per heavy atom. The van der Waals surface area contributed by atoms with Gasteiger partial charge in [-0.05, 0) is 44.4 Å². The lowest BCUT2D eigenvalue weighted by atomic mass is 10.1. The van der Waals surface area contributed by atoms with Gasteiger partial charge in [-0.25, -0.2) is 0 Å². The molecule has 5 nitrogen and oxygen atoms in total. The number of rotatable bonds is 4. The van der Waals surface area contributed by atoms with Crippen molar-refractivity contribution in [2.45, 2.75) is 32.2 Å². The van der Waals surface area contributed by atoms with Crippen molar-refractivity contribution in [3.05, 3.63) is 5.56 Å². The predicted octanol–water partition coefficient (Wildman–Crippen LogP) is 1.88. The molecule has 1 aliphatic heterocycles. The summed E-state index contributed by atoms with van der Waals surface area (Å²) in [4.78, 5) is 2.47. The molecule has 1 unspecified atom stereocenters. The van der Waals surface area contributed by atoms with Crippen molar-refractivity contribution in [3.8, 4) is 6.07 Å². The second kappa shape index (κ2) is 6.03. The van der Waals surface area contributed by atoms with Crippen LogP contribution in [0.15, 0.2) is 0 Å². The highest BCUT2D eigenvalue weighted by Crippen LogP contribution is 2.26. The summed E-state index contributed by atoms with van der Waals surface area (Å²) >= 11 is 1.26. The first-order chi connectivity index (χ1) is 8.70. The Morgan fingerprint density at radius 1 is 1.50 bits per heavy atom. The molecule has 6 heteroatoms. The van der Waals surface area contributed by atoms with E-state index in [-0.39, 0.29) is 0 Å². The topological polar surface area (TPSA) is 78.0 Å². The normalized spacial score (nSPS) is 18.2. The van der Waals surface area contributed by atoms with Crippen molar-refractivity contribution >= 4 is 22.4 Å². The third-order valence-corrected chi connectivity index (χ3v) is 3.98. The van der Waals surface area contributed by atoms with E-state index < -0.39 is 0 Å². The van der Waals surface area contributed by atoms with Crippen LogP contribution in [-0.4, -0.2) is 34.9 Å². The van der Waals surface area contributed by atoms with Gasteiger partial charge in [0, 0.05) is 12.6 Å². The van der Waals surface area contributed by atoms with Gasteiger partial charge in [0.25, 0.3) is 0 Å². The number of nitrogens with one attached hydrogen (secondary N) is 1. The molecule has 1 saturated heterocycles. The molecule has 1 aromatic heterocycles. The summed E-state index contributed by atoms with van der Waals surface area (Å²) in [7, 11) is 0. The SMILES string of the molecule is CC(CN1CCCCC1)Nc1snc(N)c1C#N. The van der Waals surface area contributed by atoms with E-state index in [9.17, 15) is 0 Å². The fraction of sp³-hybridized carbons (Fsp3) is 0.667. The van der Waals surface area contributed by atoms with Crippen LogP contribution >= 0.6 is 11.5 Å². The standard InChI is InChI=1S/C12H19N5S/c1-9(8-17-5-3-2-4-6-17)15-12-10(7-13)11(14)16-18-12/h9,15H,2-6,8H2,1H3,(H2,14,16). The van der Waals surface area contributed by atoms with Crippen molar-refractivity contribution in [2.24, 2.45) is 0 Å². The fourth-order valence-electron chi connectivity index (χ4n) is 2.31. The van der Waals surface area contributed by atoms with Crippen LogP contribution in [0.3, 0.4) is 0 Å². The summed E-state index contributed by atoms with van der Waals surface area (Å²) in [6, 6.07) is 2.40. The zero-order valence-electron chi connectivity index (χ0n) is 10.6. The molecule has 0 amide bonds. The molecule has 1 atom stereocenters. The second-order valence-electron chi connectivity index (χ2n) is 4.79. The van der Waals surface area contributed by atoms with Gasteiger partial charge in [0.1, 0.15) is 16.6 Å². The van der Waals surface area contributed by atoms with Crippen LogP contribution in [0.25, 0.3) is 0 Å². The molecule has 0 aromatic carbocycles. The monoisotopic (exact) mass is 265 g/mol. The van der Waals surface area contributed by atoms with Crippen LogP contribution in [0.2, 0.25) is 0 Å². The van der Waals surface area contributed by atoms with Gasteiger partial charge in [0.2, 0.25) is 0 Å². The molecule has 1 aliphatic rings. The van der Waals surface area contributed by atoms with Crippen molar-refractivity contribution in [1.82, 2.24) is 9.27 Å². The maximum Gasteiger partial charge on any atom is 0.157 e. The quantitative estimate of drug-likeness (QED) is 0.869. The Morgan fingerprint density at radius 3 is 2.89 bits per heavy atom. The largest absolute Gasteiger partial charge is 0.382 e. The molecular weight excluding hydrogens is 246 g/mol. The van der Waals surface area contributed by atoms with Crippen molar-refractivity contribution < 1.29 is 0 Å². The Bertz CT molecular complexity index is 430. The predicted molar refractivity (Wildman–Crippen MR) is 74.6 cm³/mol. The minimum absolute atomic E-state index is 0.301. The summed E-state index contributed by atoms with van der Waals surface area (Å²) in [6.45, 7) is 5.50. The smallest absolute Gasteiger partial charge is 0.157 e. The van der Waals surface area contributed by atoms with Crippen molar-refractivity contribution in [2.75, 3.05) is 30.7 Å². The van der Waals surface area contributed by atoms with Gasteiger partial charge in [-0.15, -0.1) is 0 Å². The highest BCUT2D eigenvalue weighted by Gasteiger charge is 2.16. The molecule has 98 valence electrons. The Balaban J connectivity index is 1.90. The molecule has 1 aromatic rings. The maximum atomic E-state index is 9.01. The van der Waals surface area contributed by atoms with E-state index in [1.54, 1.807) is 0 Å². The minimum atomic E-state index is 0.301. The van der Waals surface area contributed by atoms with Gasteiger partial charge in [0.05, 0.1) is 0 Å². The number of nitrogens with zero attached hydrogens (tertiary/aromatic N) is 3. The van der Waals surface area contributed by atoms with Crippen molar-refractivity contribution in [3.63, 3.8) is 0 Å². The molecule has 0 bridgehead atoms. The van der Waals surface area contributed by atoms with E-state index >= 15 is 0 Å². The lowest BCUT2D eigenvalue weighted by Crippen LogP contribution is -2.38. The molecule has 18 heavy (non-hydrogen) atoms. The van der Waals surface area contributed by atoms with E-state index in [1.807, 2.05) is 0 Å². The third-order valence-electron chi connectivity index (χ3n) is 3.19. The minimum Gasteiger partial charge on any atom is -0.382 e.